The summed E-state index contributed by atoms with van der Waals surface area (Å²) in [4.78, 5) is 9.81. The minimum absolute atomic E-state index is 0.270. The maximum atomic E-state index is 10.1. The lowest BCUT2D eigenvalue weighted by atomic mass is 9.97. The molecule has 1 saturated heterocycles. The molecule has 0 spiro atoms. The van der Waals surface area contributed by atoms with Crippen molar-refractivity contribution in [2.75, 3.05) is 45.9 Å². The molecule has 0 unspecified atom stereocenters. The van der Waals surface area contributed by atoms with E-state index in [2.05, 4.69) is 60.1 Å². The molecule has 0 radical (unpaired) electrons. The molecule has 2 fully saturated rings. The molecule has 1 aliphatic heterocycles. The molecule has 1 saturated carbocycles. The van der Waals surface area contributed by atoms with Crippen molar-refractivity contribution >= 4 is 5.69 Å². The third-order valence-corrected chi connectivity index (χ3v) is 10.7. The van der Waals surface area contributed by atoms with Crippen molar-refractivity contribution in [3.8, 4) is 34.3 Å². The number of ether oxygens (including phenoxy) is 3. The predicted molar refractivity (Wildman–Crippen MR) is 215 cm³/mol. The van der Waals surface area contributed by atoms with E-state index < -0.39 is 0 Å². The number of rotatable bonds is 16. The first-order valence-corrected chi connectivity index (χ1v) is 19.1. The van der Waals surface area contributed by atoms with Gasteiger partial charge in [-0.1, -0.05) is 25.5 Å². The van der Waals surface area contributed by atoms with Crippen LogP contribution in [0.1, 0.15) is 72.8 Å². The average Bonchev–Trinajstić information content (AvgIpc) is 4.03. The van der Waals surface area contributed by atoms with Crippen molar-refractivity contribution in [3.63, 3.8) is 0 Å². The Morgan fingerprint density at radius 1 is 0.925 bits per heavy atom. The topological polar surface area (TPSA) is 93.3 Å². The second-order valence-electron chi connectivity index (χ2n) is 14.5. The van der Waals surface area contributed by atoms with Crippen molar-refractivity contribution in [1.29, 1.82) is 0 Å². The summed E-state index contributed by atoms with van der Waals surface area (Å²) in [6.07, 6.45) is 15.3. The van der Waals surface area contributed by atoms with Crippen molar-refractivity contribution < 1.29 is 19.3 Å². The molecule has 8 nitrogen and oxygen atoms in total. The van der Waals surface area contributed by atoms with Gasteiger partial charge in [0.05, 0.1) is 27.0 Å². The highest BCUT2D eigenvalue weighted by Gasteiger charge is 2.28. The van der Waals surface area contributed by atoms with Gasteiger partial charge in [-0.2, -0.15) is 0 Å². The summed E-state index contributed by atoms with van der Waals surface area (Å²) in [5.41, 5.74) is 16.5. The number of phenolic OH excluding ortho intramolecular Hbond substituents is 1. The van der Waals surface area contributed by atoms with E-state index in [4.69, 9.17) is 24.9 Å². The number of aryl methyl sites for hydroxylation is 1. The highest BCUT2D eigenvalue weighted by molar-refractivity contribution is 5.67. The number of anilines is 1. The van der Waals surface area contributed by atoms with Crippen LogP contribution in [0, 0.1) is 6.92 Å². The Balaban J connectivity index is 1.17. The van der Waals surface area contributed by atoms with Crippen LogP contribution in [-0.4, -0.2) is 62.0 Å². The summed E-state index contributed by atoms with van der Waals surface area (Å²) in [5, 5.41) is 10.1. The lowest BCUT2D eigenvalue weighted by molar-refractivity contribution is 0.224. The zero-order valence-electron chi connectivity index (χ0n) is 32.1. The number of nitrogens with zero attached hydrogens (tertiary/aromatic N) is 3. The van der Waals surface area contributed by atoms with Crippen LogP contribution >= 0.6 is 0 Å². The Morgan fingerprint density at radius 3 is 2.34 bits per heavy atom. The van der Waals surface area contributed by atoms with Crippen LogP contribution in [0.25, 0.3) is 11.3 Å². The average molecular weight is 717 g/mol. The van der Waals surface area contributed by atoms with Gasteiger partial charge in [-0.05, 0) is 152 Å². The molecule has 0 amide bonds. The van der Waals surface area contributed by atoms with Crippen LogP contribution in [0.5, 0.6) is 23.0 Å². The van der Waals surface area contributed by atoms with E-state index in [1.807, 2.05) is 30.5 Å². The lowest BCUT2D eigenvalue weighted by Crippen LogP contribution is -2.45. The second-order valence-corrected chi connectivity index (χ2v) is 14.5. The van der Waals surface area contributed by atoms with Gasteiger partial charge < -0.3 is 30.0 Å². The Kier molecular flexibility index (Phi) is 12.6. The van der Waals surface area contributed by atoms with Crippen LogP contribution in [0.15, 0.2) is 90.8 Å². The van der Waals surface area contributed by atoms with Gasteiger partial charge in [-0.15, -0.1) is 0 Å². The smallest absolute Gasteiger partial charge is 0.163 e. The van der Waals surface area contributed by atoms with Gasteiger partial charge in [0.15, 0.2) is 11.5 Å². The van der Waals surface area contributed by atoms with Gasteiger partial charge in [0, 0.05) is 49.7 Å². The Labute approximate surface area is 315 Å². The largest absolute Gasteiger partial charge is 0.508 e. The molecule has 6 rings (SSSR count). The molecule has 1 aliphatic carbocycles. The predicted octanol–water partition coefficient (Wildman–Crippen LogP) is 8.73. The molecule has 53 heavy (non-hydrogen) atoms. The summed E-state index contributed by atoms with van der Waals surface area (Å²) in [5.74, 6) is 3.44. The molecular formula is C45H56N4O4. The molecule has 280 valence electrons. The molecule has 0 atom stereocenters. The summed E-state index contributed by atoms with van der Waals surface area (Å²) in [7, 11) is 5.14. The van der Waals surface area contributed by atoms with Crippen molar-refractivity contribution in [1.82, 2.24) is 9.88 Å². The van der Waals surface area contributed by atoms with Crippen LogP contribution in [-0.2, 0) is 19.4 Å². The van der Waals surface area contributed by atoms with E-state index >= 15 is 0 Å². The number of hydrogen-bond donors (Lipinski definition) is 2. The molecule has 4 aromatic rings. The molecule has 2 aliphatic rings. The number of piperidine rings is 1. The standard InChI is InChI=1S/C45H56N4O4/c1-6-7-36-27-37(28-44(52-4)45(36)53-5)42-25-34(17-21-47-42)30-49(38-12-14-40(50)15-13-38)39-18-22-48(23-19-39)29-32(16-20-46)8-9-33-24-41(35-10-11-35)31(2)43(26-33)51-3/h8,12-17,20-21,24-28,35,39,50H,6-7,9-11,18-19,22-23,29-30,46H2,1-5H3/b20-16-,32-8+. The van der Waals surface area contributed by atoms with E-state index in [1.54, 1.807) is 39.7 Å². The molecule has 3 N–H and O–H groups in total. The van der Waals surface area contributed by atoms with E-state index in [0.29, 0.717) is 12.0 Å². The Bertz CT molecular complexity index is 1890. The molecule has 8 heteroatoms. The number of allylic oxidation sites excluding steroid dienone is 1. The molecule has 1 aromatic heterocycles. The minimum Gasteiger partial charge on any atom is -0.508 e. The highest BCUT2D eigenvalue weighted by Crippen LogP contribution is 2.44. The van der Waals surface area contributed by atoms with E-state index in [9.17, 15) is 5.11 Å². The number of methoxy groups -OCH3 is 3. The zero-order chi connectivity index (χ0) is 37.3. The summed E-state index contributed by atoms with van der Waals surface area (Å²) in [6.45, 7) is 7.89. The van der Waals surface area contributed by atoms with Gasteiger partial charge in [0.1, 0.15) is 11.5 Å². The maximum Gasteiger partial charge on any atom is 0.163 e. The number of aromatic nitrogens is 1. The van der Waals surface area contributed by atoms with Gasteiger partial charge >= 0.3 is 0 Å². The molecule has 3 aromatic carbocycles. The first-order chi connectivity index (χ1) is 25.8. The third kappa shape index (κ3) is 9.35. The van der Waals surface area contributed by atoms with Crippen molar-refractivity contribution in [3.05, 3.63) is 119 Å². The normalized spacial score (nSPS) is 15.5. The minimum atomic E-state index is 0.270. The number of benzene rings is 3. The SMILES string of the molecule is CCCc1cc(-c2cc(CN(c3ccc(O)cc3)C3CCN(CC(/C=C\N)=C/Cc4cc(OC)c(C)c(C5CC5)c4)CC3)ccn2)cc(OC)c1OC. The number of pyridine rings is 1. The molecular weight excluding hydrogens is 661 g/mol. The summed E-state index contributed by atoms with van der Waals surface area (Å²) >= 11 is 0. The van der Waals surface area contributed by atoms with Gasteiger partial charge in [0.2, 0.25) is 0 Å². The van der Waals surface area contributed by atoms with Crippen LogP contribution in [0.3, 0.4) is 0 Å². The first kappa shape index (κ1) is 37.8. The second kappa shape index (κ2) is 17.7. The number of nitrogens with two attached hydrogens (primary N) is 1. The maximum absolute atomic E-state index is 10.1. The van der Waals surface area contributed by atoms with Crippen molar-refractivity contribution in [2.24, 2.45) is 5.73 Å². The van der Waals surface area contributed by atoms with Crippen LogP contribution < -0.4 is 24.8 Å². The number of phenols is 1. The highest BCUT2D eigenvalue weighted by atomic mass is 16.5. The van der Waals surface area contributed by atoms with Gasteiger partial charge in [-0.25, -0.2) is 0 Å². The van der Waals surface area contributed by atoms with E-state index in [-0.39, 0.29) is 5.75 Å². The number of aromatic hydroxyl groups is 1. The number of likely N-dealkylation sites (tertiary alicyclic amines) is 1. The fraction of sp³-hybridized carbons (Fsp3) is 0.400. The van der Waals surface area contributed by atoms with Crippen LogP contribution in [0.2, 0.25) is 0 Å². The fourth-order valence-electron chi connectivity index (χ4n) is 7.77. The molecule has 2 heterocycles. The Hall–Kier alpha value is -4.95. The van der Waals surface area contributed by atoms with E-state index in [0.717, 1.165) is 98.0 Å². The quantitative estimate of drug-likeness (QED) is 0.111. The Morgan fingerprint density at radius 2 is 1.68 bits per heavy atom. The third-order valence-electron chi connectivity index (χ3n) is 10.7. The summed E-state index contributed by atoms with van der Waals surface area (Å²) in [6, 6.07) is 21.0. The van der Waals surface area contributed by atoms with Gasteiger partial charge in [-0.3, -0.25) is 9.88 Å². The van der Waals surface area contributed by atoms with Gasteiger partial charge in [0.25, 0.3) is 0 Å². The van der Waals surface area contributed by atoms with Crippen molar-refractivity contribution in [2.45, 2.75) is 77.3 Å². The monoisotopic (exact) mass is 716 g/mol. The molecule has 0 bridgehead atoms. The number of hydrogen-bond acceptors (Lipinski definition) is 8. The summed E-state index contributed by atoms with van der Waals surface area (Å²) < 4.78 is 17.2. The first-order valence-electron chi connectivity index (χ1n) is 19.1. The van der Waals surface area contributed by atoms with E-state index in [1.165, 1.54) is 40.7 Å². The van der Waals surface area contributed by atoms with Crippen LogP contribution in [0.4, 0.5) is 5.69 Å². The fourth-order valence-corrected chi connectivity index (χ4v) is 7.77. The lowest BCUT2D eigenvalue weighted by Gasteiger charge is -2.40. The zero-order valence-corrected chi connectivity index (χ0v) is 32.1.